The Bertz CT molecular complexity index is 385. The molecule has 8 N–H and O–H groups in total. The summed E-state index contributed by atoms with van der Waals surface area (Å²) >= 11 is 0. The first-order chi connectivity index (χ1) is 11.5. The van der Waals surface area contributed by atoms with Crippen molar-refractivity contribution in [2.24, 2.45) is 16.9 Å². The molecule has 0 bridgehead atoms. The molecule has 0 saturated carbocycles. The summed E-state index contributed by atoms with van der Waals surface area (Å²) in [6.45, 7) is 7.40. The number of hydrogen-bond acceptors (Lipinski definition) is 6. The molecule has 0 rings (SSSR count). The lowest BCUT2D eigenvalue weighted by Gasteiger charge is -2.27. The maximum absolute atomic E-state index is 9.65. The fraction of sp³-hybridized carbons (Fsp3) is 0.647. The van der Waals surface area contributed by atoms with Crippen LogP contribution in [0.1, 0.15) is 53.4 Å². The number of unbranched alkanes of at least 4 members (excludes halogenated alkanes) is 1. The first kappa shape index (κ1) is 27.8. The highest BCUT2D eigenvalue weighted by Gasteiger charge is 2.25. The number of carbonyl (C=O) groups is 2. The van der Waals surface area contributed by atoms with Crippen LogP contribution in [0.2, 0.25) is 0 Å². The lowest BCUT2D eigenvalue weighted by atomic mass is 9.82. The fourth-order valence-electron chi connectivity index (χ4n) is 1.55. The zero-order valence-electron chi connectivity index (χ0n) is 15.7. The predicted molar refractivity (Wildman–Crippen MR) is 97.6 cm³/mol. The van der Waals surface area contributed by atoms with Crippen LogP contribution < -0.4 is 11.5 Å². The van der Waals surface area contributed by atoms with E-state index < -0.39 is 11.9 Å². The number of aliphatic hydroxyl groups is 2. The molecular formula is C17H34N2O6. The van der Waals surface area contributed by atoms with Crippen LogP contribution in [0.3, 0.4) is 0 Å². The largest absolute Gasteiger partial charge is 0.478 e. The zero-order valence-corrected chi connectivity index (χ0v) is 15.7. The minimum atomic E-state index is -1.000. The Balaban J connectivity index is -0.000000304. The first-order valence-electron chi connectivity index (χ1n) is 8.05. The van der Waals surface area contributed by atoms with Crippen molar-refractivity contribution in [3.63, 3.8) is 0 Å². The van der Waals surface area contributed by atoms with E-state index in [2.05, 4.69) is 6.92 Å². The monoisotopic (exact) mass is 362 g/mol. The maximum atomic E-state index is 9.65. The Hall–Kier alpha value is -2.06. The van der Waals surface area contributed by atoms with Crippen LogP contribution in [0.5, 0.6) is 0 Å². The highest BCUT2D eigenvalue weighted by Crippen LogP contribution is 2.27. The van der Waals surface area contributed by atoms with Crippen LogP contribution >= 0.6 is 0 Å². The third kappa shape index (κ3) is 21.9. The molecule has 0 aromatic heterocycles. The zero-order chi connectivity index (χ0) is 20.5. The summed E-state index contributed by atoms with van der Waals surface area (Å²) in [6, 6.07) is 0. The highest BCUT2D eigenvalue weighted by molar-refractivity contribution is 5.80. The lowest BCUT2D eigenvalue weighted by Crippen LogP contribution is -2.28. The topological polar surface area (TPSA) is 167 Å². The molecule has 0 aromatic rings. The van der Waals surface area contributed by atoms with Gasteiger partial charge < -0.3 is 31.9 Å². The second-order valence-corrected chi connectivity index (χ2v) is 5.73. The minimum Gasteiger partial charge on any atom is -0.478 e. The minimum absolute atomic E-state index is 0.111. The smallest absolute Gasteiger partial charge is 0.330 e. The molecule has 8 heteroatoms. The van der Waals surface area contributed by atoms with Gasteiger partial charge in [0.2, 0.25) is 0 Å². The van der Waals surface area contributed by atoms with Gasteiger partial charge in [-0.1, -0.05) is 26.7 Å². The average Bonchev–Trinajstić information content (AvgIpc) is 2.48. The van der Waals surface area contributed by atoms with Crippen molar-refractivity contribution in [1.82, 2.24) is 0 Å². The predicted octanol–water partition coefficient (Wildman–Crippen LogP) is 1.42. The van der Waals surface area contributed by atoms with Crippen molar-refractivity contribution in [3.05, 3.63) is 23.5 Å². The van der Waals surface area contributed by atoms with Gasteiger partial charge in [-0.15, -0.1) is 0 Å². The van der Waals surface area contributed by atoms with E-state index in [-0.39, 0.29) is 18.6 Å². The SMILES string of the molecule is CC(N)=CC(=O)O.CC(N)=CC(=O)O.CCCCC(CC)(CO)CO. The van der Waals surface area contributed by atoms with Crippen molar-refractivity contribution in [1.29, 1.82) is 0 Å². The Kier molecular flexibility index (Phi) is 18.6. The van der Waals surface area contributed by atoms with Gasteiger partial charge in [-0.3, -0.25) is 0 Å². The number of rotatable bonds is 8. The number of allylic oxidation sites excluding steroid dienone is 2. The maximum Gasteiger partial charge on any atom is 0.330 e. The lowest BCUT2D eigenvalue weighted by molar-refractivity contribution is -0.132. The van der Waals surface area contributed by atoms with Crippen molar-refractivity contribution in [2.45, 2.75) is 53.4 Å². The quantitative estimate of drug-likeness (QED) is 0.352. The summed E-state index contributed by atoms with van der Waals surface area (Å²) < 4.78 is 0. The molecule has 0 saturated heterocycles. The van der Waals surface area contributed by atoms with Crippen LogP contribution in [0.25, 0.3) is 0 Å². The van der Waals surface area contributed by atoms with Gasteiger partial charge in [-0.05, 0) is 26.7 Å². The molecule has 148 valence electrons. The summed E-state index contributed by atoms with van der Waals surface area (Å²) in [6.07, 6.45) is 5.91. The van der Waals surface area contributed by atoms with Crippen molar-refractivity contribution < 1.29 is 30.0 Å². The highest BCUT2D eigenvalue weighted by atomic mass is 16.4. The van der Waals surface area contributed by atoms with Gasteiger partial charge in [0.05, 0.1) is 13.2 Å². The van der Waals surface area contributed by atoms with Gasteiger partial charge in [-0.25, -0.2) is 9.59 Å². The molecule has 0 fully saturated rings. The third-order valence-corrected chi connectivity index (χ3v) is 3.18. The summed E-state index contributed by atoms with van der Waals surface area (Å²) in [5, 5.41) is 33.9. The summed E-state index contributed by atoms with van der Waals surface area (Å²) in [7, 11) is 0. The van der Waals surface area contributed by atoms with Gasteiger partial charge in [0.25, 0.3) is 0 Å². The summed E-state index contributed by atoms with van der Waals surface area (Å²) in [4.78, 5) is 19.3. The van der Waals surface area contributed by atoms with Crippen LogP contribution in [0.4, 0.5) is 0 Å². The summed E-state index contributed by atoms with van der Waals surface area (Å²) in [5.74, 6) is -2.00. The first-order valence-corrected chi connectivity index (χ1v) is 8.05. The molecule has 8 nitrogen and oxygen atoms in total. The standard InChI is InChI=1S/C9H20O2.2C4H7NO2/c1-3-5-6-9(4-2,7-10)8-11;2*1-3(5)2-4(6)7/h10-11H,3-8H2,1-2H3;2*2H,5H2,1H3,(H,6,7). The number of hydrogen-bond donors (Lipinski definition) is 6. The molecule has 0 radical (unpaired) electrons. The van der Waals surface area contributed by atoms with Crippen LogP contribution in [0, 0.1) is 5.41 Å². The van der Waals surface area contributed by atoms with Crippen LogP contribution in [0.15, 0.2) is 23.5 Å². The molecule has 0 spiro atoms. The molecular weight excluding hydrogens is 328 g/mol. The normalized spacial score (nSPS) is 11.6. The Morgan fingerprint density at radius 2 is 1.28 bits per heavy atom. The molecule has 0 unspecified atom stereocenters. The van der Waals surface area contributed by atoms with Gasteiger partial charge in [0.1, 0.15) is 0 Å². The second kappa shape index (κ2) is 16.8. The van der Waals surface area contributed by atoms with E-state index in [1.807, 2.05) is 6.92 Å². The van der Waals surface area contributed by atoms with Gasteiger partial charge in [-0.2, -0.15) is 0 Å². The molecule has 0 amide bonds. The van der Waals surface area contributed by atoms with Crippen molar-refractivity contribution in [3.8, 4) is 0 Å². The van der Waals surface area contributed by atoms with E-state index in [9.17, 15) is 9.59 Å². The van der Waals surface area contributed by atoms with E-state index in [4.69, 9.17) is 31.9 Å². The van der Waals surface area contributed by atoms with E-state index in [1.54, 1.807) is 0 Å². The molecule has 25 heavy (non-hydrogen) atoms. The van der Waals surface area contributed by atoms with Gasteiger partial charge >= 0.3 is 11.9 Å². The van der Waals surface area contributed by atoms with Crippen LogP contribution in [-0.2, 0) is 9.59 Å². The molecule has 0 atom stereocenters. The Labute approximate surface area is 149 Å². The van der Waals surface area contributed by atoms with Crippen LogP contribution in [-0.4, -0.2) is 45.6 Å². The van der Waals surface area contributed by atoms with E-state index in [0.717, 1.165) is 37.8 Å². The van der Waals surface area contributed by atoms with E-state index >= 15 is 0 Å². The number of carboxylic acids is 2. The van der Waals surface area contributed by atoms with Crippen molar-refractivity contribution in [2.75, 3.05) is 13.2 Å². The summed E-state index contributed by atoms with van der Waals surface area (Å²) in [5.41, 5.74) is 10.4. The van der Waals surface area contributed by atoms with E-state index in [1.165, 1.54) is 13.8 Å². The molecule has 0 aliphatic rings. The number of carboxylic acid groups (broad SMARTS) is 2. The fourth-order valence-corrected chi connectivity index (χ4v) is 1.55. The van der Waals surface area contributed by atoms with Crippen molar-refractivity contribution >= 4 is 11.9 Å². The molecule has 0 aromatic carbocycles. The van der Waals surface area contributed by atoms with E-state index in [0.29, 0.717) is 11.4 Å². The average molecular weight is 362 g/mol. The van der Waals surface area contributed by atoms with Gasteiger partial charge in [0.15, 0.2) is 0 Å². The Morgan fingerprint density at radius 3 is 1.40 bits per heavy atom. The molecule has 0 aliphatic carbocycles. The Morgan fingerprint density at radius 1 is 0.920 bits per heavy atom. The molecule has 0 heterocycles. The number of nitrogens with two attached hydrogens (primary N) is 2. The number of aliphatic hydroxyl groups excluding tert-OH is 2. The van der Waals surface area contributed by atoms with Gasteiger partial charge in [0, 0.05) is 29.0 Å². The third-order valence-electron chi connectivity index (χ3n) is 3.18. The second-order valence-electron chi connectivity index (χ2n) is 5.73. The number of aliphatic carboxylic acids is 2. The molecule has 0 aliphatic heterocycles.